The number of hydrogen-bond acceptors (Lipinski definition) is 12. The number of aromatic nitrogens is 2. The molecule has 2 aliphatic heterocycles. The van der Waals surface area contributed by atoms with Crippen LogP contribution in [0.15, 0.2) is 97.3 Å². The lowest BCUT2D eigenvalue weighted by atomic mass is 10.1. The van der Waals surface area contributed by atoms with Gasteiger partial charge in [-0.15, -0.1) is 0 Å². The first-order chi connectivity index (χ1) is 29.5. The van der Waals surface area contributed by atoms with Crippen LogP contribution in [-0.4, -0.2) is 134 Å². The van der Waals surface area contributed by atoms with Crippen molar-refractivity contribution in [2.24, 2.45) is 5.73 Å². The topological polar surface area (TPSA) is 183 Å². The highest BCUT2D eigenvalue weighted by molar-refractivity contribution is 7.90. The third-order valence-corrected chi connectivity index (χ3v) is 15.0. The van der Waals surface area contributed by atoms with E-state index in [4.69, 9.17) is 10.5 Å². The lowest BCUT2D eigenvalue weighted by Crippen LogP contribution is -2.60. The van der Waals surface area contributed by atoms with Crippen molar-refractivity contribution in [2.45, 2.75) is 78.8 Å². The summed E-state index contributed by atoms with van der Waals surface area (Å²) < 4.78 is 65.5. The molecule has 336 valence electrons. The van der Waals surface area contributed by atoms with Crippen LogP contribution in [0.4, 0.5) is 11.4 Å². The molecule has 62 heavy (non-hydrogen) atoms. The molecule has 2 N–H and O–H groups in total. The number of likely N-dealkylation sites (N-methyl/N-ethyl adjacent to an activating group) is 2. The zero-order valence-corrected chi connectivity index (χ0v) is 38.4. The zero-order chi connectivity index (χ0) is 45.2. The van der Waals surface area contributed by atoms with E-state index in [1.54, 1.807) is 57.1 Å². The van der Waals surface area contributed by atoms with E-state index < -0.39 is 26.4 Å². The maximum atomic E-state index is 13.7. The predicted octanol–water partition coefficient (Wildman–Crippen LogP) is 4.42. The Balaban J connectivity index is 0.000000234. The van der Waals surface area contributed by atoms with Gasteiger partial charge < -0.3 is 10.5 Å². The molecule has 0 spiro atoms. The SMILES string of the molecule is CCN1[C@H](C)CN(S(=O)(=O)N(Cc2ccc(C(=O)CN)cn2)c2ccccc2)C[C@@H]1C.CCN1[C@H](C)CN(S(=O)(=O)N(Cc2ccc(C(=O)OC)cn2)c2ccccc2)C[C@@H]1C. The minimum atomic E-state index is -3.80. The Morgan fingerprint density at radius 3 is 1.31 bits per heavy atom. The number of pyridine rings is 2. The maximum Gasteiger partial charge on any atom is 0.339 e. The quantitative estimate of drug-likeness (QED) is 0.131. The number of esters is 1. The lowest BCUT2D eigenvalue weighted by molar-refractivity contribution is 0.0600. The van der Waals surface area contributed by atoms with Crippen molar-refractivity contribution in [3.63, 3.8) is 0 Å². The molecule has 2 fully saturated rings. The molecule has 0 saturated carbocycles. The molecule has 2 aromatic carbocycles. The average Bonchev–Trinajstić information content (AvgIpc) is 3.27. The van der Waals surface area contributed by atoms with Crippen LogP contribution in [0.1, 0.15) is 73.6 Å². The molecule has 4 heterocycles. The number of ether oxygens (including phenoxy) is 1. The number of ketones is 1. The van der Waals surface area contributed by atoms with Gasteiger partial charge in [-0.05, 0) is 89.3 Å². The summed E-state index contributed by atoms with van der Waals surface area (Å²) in [5.74, 6) is -0.688. The summed E-state index contributed by atoms with van der Waals surface area (Å²) in [4.78, 5) is 36.7. The van der Waals surface area contributed by atoms with Crippen LogP contribution >= 0.6 is 0 Å². The Morgan fingerprint density at radius 1 is 0.629 bits per heavy atom. The number of carbonyl (C=O) groups excluding carboxylic acids is 2. The summed E-state index contributed by atoms with van der Waals surface area (Å²) in [6.07, 6.45) is 2.85. The van der Waals surface area contributed by atoms with Gasteiger partial charge in [-0.2, -0.15) is 25.4 Å². The normalized spacial score (nSPS) is 20.5. The largest absolute Gasteiger partial charge is 0.465 e. The van der Waals surface area contributed by atoms with Crippen molar-refractivity contribution < 1.29 is 31.2 Å². The van der Waals surface area contributed by atoms with Crippen molar-refractivity contribution in [3.8, 4) is 0 Å². The average molecular weight is 892 g/mol. The molecule has 2 aliphatic rings. The number of carbonyl (C=O) groups is 2. The molecule has 16 nitrogen and oxygen atoms in total. The highest BCUT2D eigenvalue weighted by atomic mass is 32.2. The summed E-state index contributed by atoms with van der Waals surface area (Å²) in [6, 6.07) is 25.1. The molecule has 6 rings (SSSR count). The number of nitrogens with two attached hydrogens (primary N) is 1. The van der Waals surface area contributed by atoms with Gasteiger partial charge in [0.1, 0.15) is 0 Å². The van der Waals surface area contributed by atoms with Crippen molar-refractivity contribution in [1.82, 2.24) is 28.4 Å². The third kappa shape index (κ3) is 11.4. The number of piperazine rings is 2. The molecule has 0 amide bonds. The Hall–Kier alpha value is -4.82. The number of nitrogens with zero attached hydrogens (tertiary/aromatic N) is 8. The third-order valence-electron chi connectivity index (χ3n) is 11.4. The van der Waals surface area contributed by atoms with Crippen LogP contribution in [0.3, 0.4) is 0 Å². The number of anilines is 2. The molecule has 4 atom stereocenters. The van der Waals surface area contributed by atoms with Gasteiger partial charge in [0, 0.05) is 68.3 Å². The molecule has 2 saturated heterocycles. The second-order valence-electron chi connectivity index (χ2n) is 15.6. The van der Waals surface area contributed by atoms with E-state index in [1.165, 1.54) is 28.1 Å². The number of methoxy groups -OCH3 is 1. The molecule has 0 unspecified atom stereocenters. The fourth-order valence-corrected chi connectivity index (χ4v) is 11.7. The minimum Gasteiger partial charge on any atom is -0.465 e. The first-order valence-electron chi connectivity index (χ1n) is 20.9. The second kappa shape index (κ2) is 21.5. The molecular weight excluding hydrogens is 831 g/mol. The van der Waals surface area contributed by atoms with E-state index in [0.29, 0.717) is 60.1 Å². The van der Waals surface area contributed by atoms with Gasteiger partial charge in [0.2, 0.25) is 0 Å². The van der Waals surface area contributed by atoms with E-state index in [2.05, 4.69) is 61.3 Å². The summed E-state index contributed by atoms with van der Waals surface area (Å²) in [5, 5.41) is 0. The zero-order valence-electron chi connectivity index (χ0n) is 36.7. The van der Waals surface area contributed by atoms with Crippen LogP contribution in [-0.2, 0) is 38.2 Å². The Bertz CT molecular complexity index is 2100. The van der Waals surface area contributed by atoms with Crippen LogP contribution in [0.25, 0.3) is 0 Å². The maximum absolute atomic E-state index is 13.7. The predicted molar refractivity (Wildman–Crippen MR) is 242 cm³/mol. The van der Waals surface area contributed by atoms with Gasteiger partial charge in [0.05, 0.1) is 55.1 Å². The van der Waals surface area contributed by atoms with Gasteiger partial charge in [-0.3, -0.25) is 33.2 Å². The van der Waals surface area contributed by atoms with E-state index in [9.17, 15) is 26.4 Å². The number of hydrogen-bond donors (Lipinski definition) is 1. The first kappa shape index (κ1) is 48.2. The van der Waals surface area contributed by atoms with Gasteiger partial charge in [0.25, 0.3) is 0 Å². The van der Waals surface area contributed by atoms with Crippen LogP contribution in [0, 0.1) is 0 Å². The van der Waals surface area contributed by atoms with Crippen molar-refractivity contribution >= 4 is 43.5 Å². The molecule has 18 heteroatoms. The van der Waals surface area contributed by atoms with Gasteiger partial charge in [0.15, 0.2) is 5.78 Å². The number of Topliss-reactive ketones (excluding diaryl/α,β-unsaturated/α-hetero) is 1. The lowest BCUT2D eigenvalue weighted by Gasteiger charge is -2.44. The smallest absolute Gasteiger partial charge is 0.339 e. The molecule has 4 aromatic rings. The first-order valence-corrected chi connectivity index (χ1v) is 23.7. The molecule has 0 radical (unpaired) electrons. The van der Waals surface area contributed by atoms with Crippen molar-refractivity contribution in [1.29, 1.82) is 0 Å². The number of rotatable bonds is 15. The molecule has 2 aromatic heterocycles. The van der Waals surface area contributed by atoms with E-state index in [-0.39, 0.29) is 49.6 Å². The Kier molecular flexibility index (Phi) is 16.7. The monoisotopic (exact) mass is 891 g/mol. The van der Waals surface area contributed by atoms with Crippen LogP contribution in [0.2, 0.25) is 0 Å². The van der Waals surface area contributed by atoms with Crippen molar-refractivity contribution in [2.75, 3.05) is 61.5 Å². The second-order valence-corrected chi connectivity index (χ2v) is 19.3. The van der Waals surface area contributed by atoms with Crippen molar-refractivity contribution in [3.05, 3.63) is 120 Å². The summed E-state index contributed by atoms with van der Waals surface area (Å²) in [5.41, 5.74) is 8.37. The summed E-state index contributed by atoms with van der Waals surface area (Å²) >= 11 is 0. The van der Waals surface area contributed by atoms with E-state index in [1.807, 2.05) is 36.4 Å². The summed E-state index contributed by atoms with van der Waals surface area (Å²) in [7, 11) is -6.28. The molecule has 0 bridgehead atoms. The van der Waals surface area contributed by atoms with Crippen LogP contribution in [0.5, 0.6) is 0 Å². The van der Waals surface area contributed by atoms with E-state index in [0.717, 1.165) is 13.1 Å². The molecule has 0 aliphatic carbocycles. The Labute approximate surface area is 367 Å². The Morgan fingerprint density at radius 2 is 1.00 bits per heavy atom. The van der Waals surface area contributed by atoms with E-state index >= 15 is 0 Å². The van der Waals surface area contributed by atoms with Gasteiger partial charge in [-0.25, -0.2) is 4.79 Å². The van der Waals surface area contributed by atoms with Crippen LogP contribution < -0.4 is 14.3 Å². The highest BCUT2D eigenvalue weighted by Gasteiger charge is 2.39. The van der Waals surface area contributed by atoms with Gasteiger partial charge in [-0.1, -0.05) is 50.2 Å². The fourth-order valence-electron chi connectivity index (χ4n) is 8.17. The summed E-state index contributed by atoms with van der Waals surface area (Å²) in [6.45, 7) is 16.0. The standard InChI is InChI=1S/C22H31N5O3S.C22H30N4O4S/c1-4-26-17(2)14-25(15-18(26)3)31(29,30)27(21-8-6-5-7-9-21)16-20-11-10-19(13-24-20)22(28)12-23;1-5-25-17(2)14-24(15-18(25)3)31(28,29)26(21-9-7-6-8-10-21)16-20-12-11-19(13-23-20)22(27)30-4/h5-11,13,17-18H,4,12,14-16,23H2,1-3H3;6-13,17-18H,5,14-16H2,1-4H3/t2*17-,18+. The minimum absolute atomic E-state index is 0.0601. The number of benzene rings is 2. The molecular formula is C44H61N9O7S2. The van der Waals surface area contributed by atoms with Gasteiger partial charge >= 0.3 is 26.4 Å². The highest BCUT2D eigenvalue weighted by Crippen LogP contribution is 2.28. The number of para-hydroxylation sites is 2. The fraction of sp³-hybridized carbons (Fsp3) is 0.455.